The predicted molar refractivity (Wildman–Crippen MR) is 107 cm³/mol. The number of esters is 1. The van der Waals surface area contributed by atoms with Crippen LogP contribution in [0, 0.1) is 10.1 Å². The first-order valence-corrected chi connectivity index (χ1v) is 9.94. The second-order valence-electron chi connectivity index (χ2n) is 5.53. The van der Waals surface area contributed by atoms with E-state index in [1.54, 1.807) is 24.3 Å². The van der Waals surface area contributed by atoms with Gasteiger partial charge in [-0.3, -0.25) is 14.9 Å². The number of nitro groups is 1. The van der Waals surface area contributed by atoms with Gasteiger partial charge in [-0.2, -0.15) is 4.31 Å². The zero-order valence-electron chi connectivity index (χ0n) is 15.3. The molecule has 0 aliphatic carbocycles. The molecule has 0 N–H and O–H groups in total. The molecule has 0 aliphatic rings. The summed E-state index contributed by atoms with van der Waals surface area (Å²) >= 11 is 6.12. The highest BCUT2D eigenvalue weighted by molar-refractivity contribution is 7.93. The Balaban J connectivity index is 3.01. The van der Waals surface area contributed by atoms with E-state index in [4.69, 9.17) is 11.6 Å². The maximum atomic E-state index is 12.9. The molecule has 0 fully saturated rings. The lowest BCUT2D eigenvalue weighted by atomic mass is 10.2. The van der Waals surface area contributed by atoms with E-state index in [1.165, 1.54) is 31.4 Å². The van der Waals surface area contributed by atoms with Crippen LogP contribution in [-0.2, 0) is 26.1 Å². The number of ether oxygens (including phenoxy) is 1. The zero-order valence-corrected chi connectivity index (χ0v) is 16.9. The Morgan fingerprint density at radius 1 is 1.36 bits per heavy atom. The molecule has 8 nitrogen and oxygen atoms in total. The second kappa shape index (κ2) is 11.4. The van der Waals surface area contributed by atoms with E-state index in [9.17, 15) is 23.3 Å². The molecular formula is C18H21ClN2O6S. The van der Waals surface area contributed by atoms with Crippen LogP contribution in [-0.4, -0.2) is 43.8 Å². The molecule has 0 bridgehead atoms. The molecule has 0 saturated carbocycles. The van der Waals surface area contributed by atoms with E-state index in [2.05, 4.69) is 11.3 Å². The van der Waals surface area contributed by atoms with Gasteiger partial charge in [0.1, 0.15) is 0 Å². The van der Waals surface area contributed by atoms with E-state index in [-0.39, 0.29) is 31.0 Å². The van der Waals surface area contributed by atoms with Crippen molar-refractivity contribution in [1.82, 2.24) is 4.31 Å². The van der Waals surface area contributed by atoms with Crippen molar-refractivity contribution in [2.75, 3.05) is 20.2 Å². The number of rotatable bonds is 11. The highest BCUT2D eigenvalue weighted by Gasteiger charge is 2.25. The first-order chi connectivity index (χ1) is 13.2. The Bertz CT molecular complexity index is 880. The summed E-state index contributed by atoms with van der Waals surface area (Å²) in [5.74, 6) is -0.553. The molecule has 28 heavy (non-hydrogen) atoms. The number of carbonyl (C=O) groups excluding carboxylic acids is 1. The Hall–Kier alpha value is -2.49. The Morgan fingerprint density at radius 3 is 2.64 bits per heavy atom. The summed E-state index contributed by atoms with van der Waals surface area (Å²) in [6, 6.07) is 6.76. The number of hydrogen-bond donors (Lipinski definition) is 0. The topological polar surface area (TPSA) is 107 Å². The van der Waals surface area contributed by atoms with Crippen LogP contribution in [0.2, 0.25) is 5.02 Å². The molecular weight excluding hydrogens is 408 g/mol. The van der Waals surface area contributed by atoms with Crippen LogP contribution in [0.4, 0.5) is 0 Å². The fourth-order valence-electron chi connectivity index (χ4n) is 2.06. The molecule has 0 saturated heterocycles. The van der Waals surface area contributed by atoms with Gasteiger partial charge in [-0.15, -0.1) is 0 Å². The van der Waals surface area contributed by atoms with Crippen molar-refractivity contribution >= 4 is 27.6 Å². The van der Waals surface area contributed by atoms with Crippen molar-refractivity contribution in [1.29, 1.82) is 0 Å². The largest absolute Gasteiger partial charge is 0.469 e. The average molecular weight is 429 g/mol. The standard InChI is InChI=1S/C18H21ClN2O6S/c1-15(8-4-3-7-12-21(23)24)28(25,26)20(13-11-18(22)27-2)14-16-9-5-6-10-17(16)19/h3-10H,1,11-14H2,2H3/b7-3-,8-4-. The molecule has 0 aromatic heterocycles. The van der Waals surface area contributed by atoms with Crippen LogP contribution in [0.25, 0.3) is 0 Å². The Labute approximate surface area is 168 Å². The van der Waals surface area contributed by atoms with Crippen molar-refractivity contribution < 1.29 is 22.9 Å². The van der Waals surface area contributed by atoms with Gasteiger partial charge in [-0.25, -0.2) is 8.42 Å². The maximum absolute atomic E-state index is 12.9. The summed E-state index contributed by atoms with van der Waals surface area (Å²) in [7, 11) is -2.79. The normalized spacial score (nSPS) is 12.0. The SMILES string of the molecule is C=C(/C=C\C=C/C[N+](=O)[O-])S(=O)(=O)N(CCC(=O)OC)Cc1ccccc1Cl. The second-order valence-corrected chi connectivity index (χ2v) is 7.92. The molecule has 0 heterocycles. The predicted octanol–water partition coefficient (Wildman–Crippen LogP) is 2.94. The molecule has 0 amide bonds. The average Bonchev–Trinajstić information content (AvgIpc) is 2.65. The van der Waals surface area contributed by atoms with Crippen LogP contribution in [0.5, 0.6) is 0 Å². The number of sulfonamides is 1. The number of hydrogen-bond acceptors (Lipinski definition) is 6. The van der Waals surface area contributed by atoms with Gasteiger partial charge in [-0.1, -0.05) is 48.5 Å². The molecule has 0 spiro atoms. The van der Waals surface area contributed by atoms with E-state index in [1.807, 2.05) is 0 Å². The van der Waals surface area contributed by atoms with Crippen molar-refractivity contribution in [3.8, 4) is 0 Å². The fraction of sp³-hybridized carbons (Fsp3) is 0.278. The lowest BCUT2D eigenvalue weighted by molar-refractivity contribution is -0.468. The number of benzene rings is 1. The van der Waals surface area contributed by atoms with Crippen molar-refractivity contribution in [2.24, 2.45) is 0 Å². The summed E-state index contributed by atoms with van der Waals surface area (Å²) in [6.45, 7) is 3.01. The molecule has 0 radical (unpaired) electrons. The van der Waals surface area contributed by atoms with Gasteiger partial charge in [0, 0.05) is 23.0 Å². The minimum absolute atomic E-state index is 0.0526. The minimum atomic E-state index is -4.01. The number of methoxy groups -OCH3 is 1. The lowest BCUT2D eigenvalue weighted by Gasteiger charge is -2.22. The van der Waals surface area contributed by atoms with Gasteiger partial charge >= 0.3 is 5.97 Å². The Kier molecular flexibility index (Phi) is 9.57. The van der Waals surface area contributed by atoms with Gasteiger partial charge in [-0.05, 0) is 23.8 Å². The summed E-state index contributed by atoms with van der Waals surface area (Å²) in [4.78, 5) is 21.0. The van der Waals surface area contributed by atoms with E-state index >= 15 is 0 Å². The summed E-state index contributed by atoms with van der Waals surface area (Å²) < 4.78 is 31.4. The molecule has 1 aromatic rings. The van der Waals surface area contributed by atoms with Gasteiger partial charge in [0.15, 0.2) is 0 Å². The summed E-state index contributed by atoms with van der Waals surface area (Å²) in [5.41, 5.74) is 0.570. The minimum Gasteiger partial charge on any atom is -0.469 e. The van der Waals surface area contributed by atoms with Crippen LogP contribution in [0.1, 0.15) is 12.0 Å². The molecule has 152 valence electrons. The maximum Gasteiger partial charge on any atom is 0.306 e. The molecule has 1 aromatic carbocycles. The van der Waals surface area contributed by atoms with Gasteiger partial charge in [0.2, 0.25) is 16.6 Å². The smallest absolute Gasteiger partial charge is 0.306 e. The van der Waals surface area contributed by atoms with Crippen molar-refractivity contribution in [3.05, 3.63) is 80.8 Å². The van der Waals surface area contributed by atoms with Gasteiger partial charge < -0.3 is 4.74 Å². The van der Waals surface area contributed by atoms with Crippen molar-refractivity contribution in [3.63, 3.8) is 0 Å². The van der Waals surface area contributed by atoms with E-state index in [0.29, 0.717) is 10.6 Å². The molecule has 0 atom stereocenters. The van der Waals surface area contributed by atoms with Gasteiger partial charge in [0.05, 0.1) is 18.4 Å². The first-order valence-electron chi connectivity index (χ1n) is 8.12. The van der Waals surface area contributed by atoms with E-state index < -0.39 is 20.9 Å². The highest BCUT2D eigenvalue weighted by Crippen LogP contribution is 2.22. The lowest BCUT2D eigenvalue weighted by Crippen LogP contribution is -2.33. The third-order valence-electron chi connectivity index (χ3n) is 3.55. The van der Waals surface area contributed by atoms with E-state index in [0.717, 1.165) is 4.31 Å². The van der Waals surface area contributed by atoms with Crippen LogP contribution in [0.3, 0.4) is 0 Å². The van der Waals surface area contributed by atoms with Crippen LogP contribution >= 0.6 is 11.6 Å². The number of carbonyl (C=O) groups is 1. The molecule has 1 rings (SSSR count). The molecule has 0 aliphatic heterocycles. The molecule has 10 heteroatoms. The monoisotopic (exact) mass is 428 g/mol. The fourth-order valence-corrected chi connectivity index (χ4v) is 3.48. The quantitative estimate of drug-likeness (QED) is 0.232. The number of nitrogens with zero attached hydrogens (tertiary/aromatic N) is 2. The van der Waals surface area contributed by atoms with Gasteiger partial charge in [0.25, 0.3) is 0 Å². The number of halogens is 1. The number of allylic oxidation sites excluding steroid dienone is 3. The highest BCUT2D eigenvalue weighted by atomic mass is 35.5. The molecule has 0 unspecified atom stereocenters. The summed E-state index contributed by atoms with van der Waals surface area (Å²) in [5, 5.41) is 10.7. The van der Waals surface area contributed by atoms with Crippen molar-refractivity contribution in [2.45, 2.75) is 13.0 Å². The Morgan fingerprint density at radius 2 is 2.04 bits per heavy atom. The van der Waals surface area contributed by atoms with Crippen LogP contribution in [0.15, 0.2) is 60.1 Å². The van der Waals surface area contributed by atoms with Crippen LogP contribution < -0.4 is 0 Å². The third-order valence-corrected chi connectivity index (χ3v) is 5.71. The summed E-state index contributed by atoms with van der Waals surface area (Å²) in [6.07, 6.45) is 5.06. The zero-order chi connectivity index (χ0) is 21.2. The third kappa shape index (κ3) is 7.63. The first kappa shape index (κ1) is 23.5.